The summed E-state index contributed by atoms with van der Waals surface area (Å²) in [5.41, 5.74) is 1.41. The second-order valence-corrected chi connectivity index (χ2v) is 7.51. The van der Waals surface area contributed by atoms with Crippen molar-refractivity contribution in [2.75, 3.05) is 0 Å². The lowest BCUT2D eigenvalue weighted by Crippen LogP contribution is -2.23. The first-order chi connectivity index (χ1) is 13.6. The van der Waals surface area contributed by atoms with Gasteiger partial charge in [-0.05, 0) is 43.3 Å². The number of halogens is 1. The number of hydrogen-bond acceptors (Lipinski definition) is 6. The fourth-order valence-electron chi connectivity index (χ4n) is 2.65. The summed E-state index contributed by atoms with van der Waals surface area (Å²) in [6.45, 7) is 2.37. The largest absolute Gasteiger partial charge is 0.486 e. The van der Waals surface area contributed by atoms with Crippen LogP contribution in [0.3, 0.4) is 0 Å². The lowest BCUT2D eigenvalue weighted by molar-refractivity contribution is 0.0953. The zero-order chi connectivity index (χ0) is 19.5. The van der Waals surface area contributed by atoms with Gasteiger partial charge in [0.15, 0.2) is 11.5 Å². The normalized spacial score (nSPS) is 10.9. The molecule has 4 aromatic rings. The lowest BCUT2D eigenvalue weighted by Gasteiger charge is -2.03. The van der Waals surface area contributed by atoms with Crippen LogP contribution in [-0.4, -0.2) is 25.5 Å². The van der Waals surface area contributed by atoms with Crippen LogP contribution in [0.4, 0.5) is 0 Å². The van der Waals surface area contributed by atoms with Crippen molar-refractivity contribution in [1.82, 2.24) is 24.9 Å². The van der Waals surface area contributed by atoms with Crippen molar-refractivity contribution < 1.29 is 9.53 Å². The number of benzene rings is 1. The van der Waals surface area contributed by atoms with Crippen molar-refractivity contribution in [2.45, 2.75) is 20.1 Å². The number of nitrogens with zero attached hydrogens (tertiary/aromatic N) is 4. The number of thiazole rings is 1. The highest BCUT2D eigenvalue weighted by Crippen LogP contribution is 2.21. The van der Waals surface area contributed by atoms with Gasteiger partial charge in [-0.15, -0.1) is 21.5 Å². The summed E-state index contributed by atoms with van der Waals surface area (Å²) < 4.78 is 7.54. The predicted octanol–water partition coefficient (Wildman–Crippen LogP) is 3.66. The molecule has 4 rings (SSSR count). The van der Waals surface area contributed by atoms with Crippen molar-refractivity contribution in [3.05, 3.63) is 75.1 Å². The van der Waals surface area contributed by atoms with Gasteiger partial charge in [-0.1, -0.05) is 17.7 Å². The molecule has 0 bridgehead atoms. The van der Waals surface area contributed by atoms with Crippen LogP contribution in [0.15, 0.2) is 48.7 Å². The maximum Gasteiger partial charge on any atom is 0.263 e. The summed E-state index contributed by atoms with van der Waals surface area (Å²) in [6, 6.07) is 12.7. The molecule has 1 N–H and O–H groups in total. The number of fused-ring (bicyclic) bond motifs is 1. The van der Waals surface area contributed by atoms with E-state index in [9.17, 15) is 4.79 Å². The van der Waals surface area contributed by atoms with Gasteiger partial charge in [-0.2, -0.15) is 0 Å². The van der Waals surface area contributed by atoms with Crippen molar-refractivity contribution in [3.63, 3.8) is 0 Å². The molecule has 3 aromatic heterocycles. The van der Waals surface area contributed by atoms with E-state index < -0.39 is 0 Å². The molecule has 28 heavy (non-hydrogen) atoms. The molecule has 0 aliphatic carbocycles. The van der Waals surface area contributed by atoms with Crippen LogP contribution in [0.2, 0.25) is 5.02 Å². The first kappa shape index (κ1) is 18.4. The van der Waals surface area contributed by atoms with Gasteiger partial charge in [0, 0.05) is 11.2 Å². The number of pyridine rings is 1. The quantitative estimate of drug-likeness (QED) is 0.521. The molecule has 142 valence electrons. The van der Waals surface area contributed by atoms with Gasteiger partial charge < -0.3 is 10.1 Å². The Morgan fingerprint density at radius 2 is 2.04 bits per heavy atom. The van der Waals surface area contributed by atoms with Crippen LogP contribution in [0, 0.1) is 6.92 Å². The standard InChI is InChI=1S/C19H16ClN5O2S/c1-12-18(28-17(22-12)11-27-14-7-5-13(20)6-8-14)19(26)21-10-16-24-23-15-4-2-3-9-25(15)16/h2-9H,10-11H2,1H3,(H,21,26). The monoisotopic (exact) mass is 413 g/mol. The molecule has 9 heteroatoms. The first-order valence-corrected chi connectivity index (χ1v) is 9.71. The van der Waals surface area contributed by atoms with Gasteiger partial charge in [0.05, 0.1) is 12.2 Å². The minimum atomic E-state index is -0.194. The van der Waals surface area contributed by atoms with E-state index in [1.54, 1.807) is 24.3 Å². The molecule has 7 nitrogen and oxygen atoms in total. The SMILES string of the molecule is Cc1nc(COc2ccc(Cl)cc2)sc1C(=O)NCc1nnc2ccccn12. The van der Waals surface area contributed by atoms with Gasteiger partial charge in [0.2, 0.25) is 0 Å². The van der Waals surface area contributed by atoms with Crippen molar-refractivity contribution in [3.8, 4) is 5.75 Å². The number of aryl methyl sites for hydroxylation is 1. The second kappa shape index (κ2) is 7.95. The van der Waals surface area contributed by atoms with E-state index in [-0.39, 0.29) is 19.1 Å². The molecule has 0 unspecified atom stereocenters. The Morgan fingerprint density at radius 1 is 1.21 bits per heavy atom. The van der Waals surface area contributed by atoms with E-state index in [4.69, 9.17) is 16.3 Å². The number of rotatable bonds is 6. The van der Waals surface area contributed by atoms with E-state index in [1.807, 2.05) is 35.7 Å². The van der Waals surface area contributed by atoms with E-state index in [2.05, 4.69) is 20.5 Å². The highest BCUT2D eigenvalue weighted by molar-refractivity contribution is 7.13. The Balaban J connectivity index is 1.39. The summed E-state index contributed by atoms with van der Waals surface area (Å²) in [4.78, 5) is 17.6. The van der Waals surface area contributed by atoms with Crippen LogP contribution in [0.25, 0.3) is 5.65 Å². The molecule has 0 saturated carbocycles. The molecular formula is C19H16ClN5O2S. The Bertz CT molecular complexity index is 1120. The Labute approximate surface area is 170 Å². The van der Waals surface area contributed by atoms with Gasteiger partial charge in [0.25, 0.3) is 5.91 Å². The van der Waals surface area contributed by atoms with Crippen LogP contribution in [0.5, 0.6) is 5.75 Å². The Morgan fingerprint density at radius 3 is 2.86 bits per heavy atom. The fraction of sp³-hybridized carbons (Fsp3) is 0.158. The zero-order valence-corrected chi connectivity index (χ0v) is 16.5. The van der Waals surface area contributed by atoms with Crippen molar-refractivity contribution in [2.24, 2.45) is 0 Å². The number of amides is 1. The number of ether oxygens (including phenoxy) is 1. The molecule has 0 spiro atoms. The average molecular weight is 414 g/mol. The minimum absolute atomic E-state index is 0.194. The molecule has 0 aliphatic heterocycles. The lowest BCUT2D eigenvalue weighted by atomic mass is 10.3. The number of nitrogens with one attached hydrogen (secondary N) is 1. The fourth-order valence-corrected chi connectivity index (χ4v) is 3.67. The van der Waals surface area contributed by atoms with Gasteiger partial charge in [0.1, 0.15) is 22.2 Å². The molecule has 0 aliphatic rings. The van der Waals surface area contributed by atoms with Gasteiger partial charge >= 0.3 is 0 Å². The molecule has 1 aromatic carbocycles. The molecule has 0 saturated heterocycles. The average Bonchev–Trinajstić information content (AvgIpc) is 3.29. The van der Waals surface area contributed by atoms with Crippen LogP contribution in [0.1, 0.15) is 26.2 Å². The van der Waals surface area contributed by atoms with Gasteiger partial charge in [-0.3, -0.25) is 9.20 Å². The van der Waals surface area contributed by atoms with Crippen molar-refractivity contribution >= 4 is 34.5 Å². The zero-order valence-electron chi connectivity index (χ0n) is 14.9. The summed E-state index contributed by atoms with van der Waals surface area (Å²) in [6.07, 6.45) is 1.86. The molecule has 1 amide bonds. The first-order valence-electron chi connectivity index (χ1n) is 8.51. The third kappa shape index (κ3) is 3.97. The number of hydrogen-bond donors (Lipinski definition) is 1. The Kier molecular flexibility index (Phi) is 5.23. The summed E-state index contributed by atoms with van der Waals surface area (Å²) >= 11 is 7.18. The van der Waals surface area contributed by atoms with Crippen LogP contribution < -0.4 is 10.1 Å². The summed E-state index contributed by atoms with van der Waals surface area (Å²) in [5, 5.41) is 12.4. The highest BCUT2D eigenvalue weighted by atomic mass is 35.5. The molecule has 0 radical (unpaired) electrons. The highest BCUT2D eigenvalue weighted by Gasteiger charge is 2.16. The maximum atomic E-state index is 12.6. The van der Waals surface area contributed by atoms with Crippen LogP contribution >= 0.6 is 22.9 Å². The number of carbonyl (C=O) groups is 1. The molecule has 0 atom stereocenters. The maximum absolute atomic E-state index is 12.6. The van der Waals surface area contributed by atoms with E-state index >= 15 is 0 Å². The third-order valence-electron chi connectivity index (χ3n) is 4.01. The van der Waals surface area contributed by atoms with E-state index in [0.717, 1.165) is 10.7 Å². The molecule has 3 heterocycles. The van der Waals surface area contributed by atoms with Gasteiger partial charge in [-0.25, -0.2) is 4.98 Å². The summed E-state index contributed by atoms with van der Waals surface area (Å²) in [7, 11) is 0. The number of carbonyl (C=O) groups excluding carboxylic acids is 1. The van der Waals surface area contributed by atoms with E-state index in [1.165, 1.54) is 11.3 Å². The molecule has 0 fully saturated rings. The predicted molar refractivity (Wildman–Crippen MR) is 107 cm³/mol. The van der Waals surface area contributed by atoms with E-state index in [0.29, 0.717) is 27.2 Å². The minimum Gasteiger partial charge on any atom is -0.486 e. The second-order valence-electron chi connectivity index (χ2n) is 5.99. The van der Waals surface area contributed by atoms with Crippen LogP contribution in [-0.2, 0) is 13.2 Å². The Hall–Kier alpha value is -2.97. The topological polar surface area (TPSA) is 81.4 Å². The summed E-state index contributed by atoms with van der Waals surface area (Å²) in [5.74, 6) is 1.17. The molecular weight excluding hydrogens is 398 g/mol. The number of aromatic nitrogens is 4. The smallest absolute Gasteiger partial charge is 0.263 e. The third-order valence-corrected chi connectivity index (χ3v) is 5.40. The van der Waals surface area contributed by atoms with Crippen molar-refractivity contribution in [1.29, 1.82) is 0 Å².